The van der Waals surface area contributed by atoms with Crippen LogP contribution in [0.5, 0.6) is 5.75 Å². The van der Waals surface area contributed by atoms with Gasteiger partial charge in [0, 0.05) is 18.7 Å². The fraction of sp³-hybridized carbons (Fsp3) is 0.462. The van der Waals surface area contributed by atoms with Gasteiger partial charge in [0.25, 0.3) is 0 Å². The van der Waals surface area contributed by atoms with Crippen molar-refractivity contribution < 1.29 is 24.3 Å². The van der Waals surface area contributed by atoms with Crippen LogP contribution in [0.15, 0.2) is 18.2 Å². The van der Waals surface area contributed by atoms with Crippen LogP contribution in [0.3, 0.4) is 0 Å². The van der Waals surface area contributed by atoms with Gasteiger partial charge in [0.05, 0.1) is 17.1 Å². The summed E-state index contributed by atoms with van der Waals surface area (Å²) >= 11 is 0. The lowest BCUT2D eigenvalue weighted by Gasteiger charge is -2.08. The van der Waals surface area contributed by atoms with Gasteiger partial charge in [-0.05, 0) is 12.5 Å². The Labute approximate surface area is 116 Å². The first-order valence-electron chi connectivity index (χ1n) is 6.28. The van der Waals surface area contributed by atoms with Crippen LogP contribution >= 0.6 is 0 Å². The lowest BCUT2D eigenvalue weighted by Crippen LogP contribution is -2.09. The summed E-state index contributed by atoms with van der Waals surface area (Å²) in [5, 5.41) is 19.7. The maximum Gasteiger partial charge on any atom is 0.335 e. The molecular weight excluding hydrogens is 266 g/mol. The van der Waals surface area contributed by atoms with E-state index in [9.17, 15) is 14.9 Å². The number of hydrogen-bond acceptors (Lipinski definition) is 5. The number of hydrogen-bond donors (Lipinski definition) is 1. The van der Waals surface area contributed by atoms with Crippen molar-refractivity contribution in [2.45, 2.75) is 19.8 Å². The molecule has 0 saturated carbocycles. The zero-order chi connectivity index (χ0) is 15.0. The minimum absolute atomic E-state index is 0.0579. The van der Waals surface area contributed by atoms with Crippen molar-refractivity contribution in [3.05, 3.63) is 33.9 Å². The summed E-state index contributed by atoms with van der Waals surface area (Å²) < 4.78 is 10.5. The van der Waals surface area contributed by atoms with Gasteiger partial charge in [0.15, 0.2) is 5.75 Å². The molecule has 0 fully saturated rings. The third kappa shape index (κ3) is 4.85. The van der Waals surface area contributed by atoms with Gasteiger partial charge in [-0.3, -0.25) is 10.1 Å². The van der Waals surface area contributed by atoms with Crippen molar-refractivity contribution in [2.75, 3.05) is 19.8 Å². The zero-order valence-corrected chi connectivity index (χ0v) is 11.2. The molecule has 0 aromatic heterocycles. The smallest absolute Gasteiger partial charge is 0.335 e. The highest BCUT2D eigenvalue weighted by Gasteiger charge is 2.17. The molecule has 1 aromatic rings. The van der Waals surface area contributed by atoms with Crippen LogP contribution in [-0.2, 0) is 4.74 Å². The molecule has 0 spiro atoms. The summed E-state index contributed by atoms with van der Waals surface area (Å²) in [5.74, 6) is -1.22. The second-order valence-corrected chi connectivity index (χ2v) is 4.06. The van der Waals surface area contributed by atoms with E-state index >= 15 is 0 Å². The number of nitro benzene ring substituents is 1. The monoisotopic (exact) mass is 283 g/mol. The first kappa shape index (κ1) is 15.9. The molecule has 0 saturated heterocycles. The number of aromatic carboxylic acids is 1. The molecule has 0 aliphatic heterocycles. The maximum absolute atomic E-state index is 10.8. The second kappa shape index (κ2) is 8.11. The van der Waals surface area contributed by atoms with E-state index < -0.39 is 10.9 Å². The molecule has 0 radical (unpaired) electrons. The van der Waals surface area contributed by atoms with E-state index in [4.69, 9.17) is 14.6 Å². The first-order valence-corrected chi connectivity index (χ1v) is 6.28. The molecule has 20 heavy (non-hydrogen) atoms. The summed E-state index contributed by atoms with van der Waals surface area (Å²) in [5.41, 5.74) is -0.318. The van der Waals surface area contributed by atoms with Crippen LogP contribution in [0.1, 0.15) is 30.1 Å². The van der Waals surface area contributed by atoms with Crippen molar-refractivity contribution in [3.63, 3.8) is 0 Å². The Morgan fingerprint density at radius 3 is 2.70 bits per heavy atom. The third-order valence-electron chi connectivity index (χ3n) is 2.53. The van der Waals surface area contributed by atoms with E-state index in [-0.39, 0.29) is 23.6 Å². The predicted octanol–water partition coefficient (Wildman–Crippen LogP) is 2.49. The molecule has 1 N–H and O–H groups in total. The number of benzene rings is 1. The highest BCUT2D eigenvalue weighted by atomic mass is 16.6. The van der Waals surface area contributed by atoms with Crippen molar-refractivity contribution in [1.29, 1.82) is 0 Å². The van der Waals surface area contributed by atoms with Gasteiger partial charge in [-0.25, -0.2) is 4.79 Å². The van der Waals surface area contributed by atoms with Crippen LogP contribution in [0.2, 0.25) is 0 Å². The molecule has 0 bridgehead atoms. The number of unbranched alkanes of at least 4 members (excludes halogenated alkanes) is 1. The van der Waals surface area contributed by atoms with E-state index in [1.165, 1.54) is 6.07 Å². The predicted molar refractivity (Wildman–Crippen MR) is 71.3 cm³/mol. The van der Waals surface area contributed by atoms with Crippen LogP contribution in [0.25, 0.3) is 0 Å². The van der Waals surface area contributed by atoms with Crippen molar-refractivity contribution >= 4 is 11.7 Å². The fourth-order valence-corrected chi connectivity index (χ4v) is 1.47. The van der Waals surface area contributed by atoms with Gasteiger partial charge in [0.1, 0.15) is 6.61 Å². The molecule has 1 aromatic carbocycles. The van der Waals surface area contributed by atoms with E-state index in [1.54, 1.807) is 0 Å². The Hall–Kier alpha value is -2.15. The zero-order valence-electron chi connectivity index (χ0n) is 11.2. The number of carbonyl (C=O) groups is 1. The molecule has 110 valence electrons. The highest BCUT2D eigenvalue weighted by Crippen LogP contribution is 2.27. The number of carboxylic acid groups (broad SMARTS) is 1. The molecule has 7 heteroatoms. The standard InChI is InChI=1S/C13H17NO6/c1-2-3-6-19-7-8-20-12-9-10(13(15)16)4-5-11(12)14(17)18/h4-5,9H,2-3,6-8H2,1H3,(H,15,16). The number of nitrogens with zero attached hydrogens (tertiary/aromatic N) is 1. The summed E-state index contributed by atoms with van der Waals surface area (Å²) in [6.07, 6.45) is 1.96. The fourth-order valence-electron chi connectivity index (χ4n) is 1.47. The van der Waals surface area contributed by atoms with Crippen LogP contribution in [-0.4, -0.2) is 35.8 Å². The molecule has 0 unspecified atom stereocenters. The Kier molecular flexibility index (Phi) is 6.45. The first-order chi connectivity index (χ1) is 9.56. The summed E-state index contributed by atoms with van der Waals surface area (Å²) in [6.45, 7) is 3.08. The number of rotatable bonds is 9. The lowest BCUT2D eigenvalue weighted by molar-refractivity contribution is -0.385. The second-order valence-electron chi connectivity index (χ2n) is 4.06. The SMILES string of the molecule is CCCCOCCOc1cc(C(=O)O)ccc1[N+](=O)[O-]. The molecule has 1 rings (SSSR count). The normalized spacial score (nSPS) is 10.2. The Morgan fingerprint density at radius 2 is 2.10 bits per heavy atom. The van der Waals surface area contributed by atoms with Gasteiger partial charge < -0.3 is 14.6 Å². The van der Waals surface area contributed by atoms with E-state index in [1.807, 2.05) is 6.92 Å². The van der Waals surface area contributed by atoms with E-state index in [0.29, 0.717) is 13.2 Å². The van der Waals surface area contributed by atoms with Crippen molar-refractivity contribution in [1.82, 2.24) is 0 Å². The average molecular weight is 283 g/mol. The lowest BCUT2D eigenvalue weighted by atomic mass is 10.2. The van der Waals surface area contributed by atoms with Gasteiger partial charge >= 0.3 is 11.7 Å². The molecule has 0 heterocycles. The molecule has 0 aliphatic carbocycles. The van der Waals surface area contributed by atoms with Crippen LogP contribution in [0, 0.1) is 10.1 Å². The summed E-state index contributed by atoms with van der Waals surface area (Å²) in [6, 6.07) is 3.44. The van der Waals surface area contributed by atoms with Crippen molar-refractivity contribution in [3.8, 4) is 5.75 Å². The third-order valence-corrected chi connectivity index (χ3v) is 2.53. The Bertz CT molecular complexity index is 474. The van der Waals surface area contributed by atoms with Crippen LogP contribution < -0.4 is 4.74 Å². The largest absolute Gasteiger partial charge is 0.484 e. The van der Waals surface area contributed by atoms with Crippen LogP contribution in [0.4, 0.5) is 5.69 Å². The number of carboxylic acids is 1. The van der Waals surface area contributed by atoms with Gasteiger partial charge in [-0.2, -0.15) is 0 Å². The molecule has 0 amide bonds. The van der Waals surface area contributed by atoms with Gasteiger partial charge in [-0.1, -0.05) is 13.3 Å². The molecular formula is C13H17NO6. The van der Waals surface area contributed by atoms with E-state index in [0.717, 1.165) is 25.0 Å². The Morgan fingerprint density at radius 1 is 1.35 bits per heavy atom. The minimum atomic E-state index is -1.16. The van der Waals surface area contributed by atoms with Crippen molar-refractivity contribution in [2.24, 2.45) is 0 Å². The molecule has 0 aliphatic rings. The van der Waals surface area contributed by atoms with Gasteiger partial charge in [0.2, 0.25) is 0 Å². The topological polar surface area (TPSA) is 98.9 Å². The number of nitro groups is 1. The maximum atomic E-state index is 10.8. The summed E-state index contributed by atoms with van der Waals surface area (Å²) in [4.78, 5) is 21.0. The molecule has 0 atom stereocenters. The number of ether oxygens (including phenoxy) is 2. The minimum Gasteiger partial charge on any atom is -0.484 e. The summed E-state index contributed by atoms with van der Waals surface area (Å²) in [7, 11) is 0. The molecule has 7 nitrogen and oxygen atoms in total. The van der Waals surface area contributed by atoms with E-state index in [2.05, 4.69) is 0 Å². The Balaban J connectivity index is 2.63. The van der Waals surface area contributed by atoms with Gasteiger partial charge in [-0.15, -0.1) is 0 Å². The highest BCUT2D eigenvalue weighted by molar-refractivity contribution is 5.88. The average Bonchev–Trinajstić information content (AvgIpc) is 2.42. The quantitative estimate of drug-likeness (QED) is 0.424.